The van der Waals surface area contributed by atoms with Crippen LogP contribution in [-0.4, -0.2) is 53.0 Å². The van der Waals surface area contributed by atoms with Crippen LogP contribution in [0.25, 0.3) is 0 Å². The highest BCUT2D eigenvalue weighted by atomic mass is 16.3. The van der Waals surface area contributed by atoms with E-state index in [0.717, 1.165) is 36.8 Å². The zero-order valence-corrected chi connectivity index (χ0v) is 17.8. The molecule has 2 fully saturated rings. The minimum atomic E-state index is -1.09. The molecule has 0 bridgehead atoms. The number of aliphatic hydroxyl groups is 1. The summed E-state index contributed by atoms with van der Waals surface area (Å²) >= 11 is 0. The summed E-state index contributed by atoms with van der Waals surface area (Å²) in [6.07, 6.45) is 3.04. The third kappa shape index (κ3) is 4.30. The van der Waals surface area contributed by atoms with Crippen LogP contribution in [0.1, 0.15) is 36.8 Å². The predicted molar refractivity (Wildman–Crippen MR) is 119 cm³/mol. The molecule has 3 amide bonds. The maximum absolute atomic E-state index is 13.1. The van der Waals surface area contributed by atoms with Crippen molar-refractivity contribution < 1.29 is 14.7 Å². The number of carbonyl (C=O) groups excluding carboxylic acids is 2. The lowest BCUT2D eigenvalue weighted by Gasteiger charge is -2.43. The number of likely N-dealkylation sites (tertiary alicyclic amines) is 2. The molecule has 2 saturated heterocycles. The van der Waals surface area contributed by atoms with E-state index < -0.39 is 11.6 Å². The first kappa shape index (κ1) is 21.4. The fourth-order valence-corrected chi connectivity index (χ4v) is 5.18. The molecule has 0 radical (unpaired) electrons. The molecule has 2 aliphatic rings. The second-order valence-corrected chi connectivity index (χ2v) is 8.72. The lowest BCUT2D eigenvalue weighted by Crippen LogP contribution is -2.51. The van der Waals surface area contributed by atoms with Gasteiger partial charge >= 0.3 is 6.03 Å². The Balaban J connectivity index is 1.48. The number of benzene rings is 2. The Morgan fingerprint density at radius 2 is 1.39 bits per heavy atom. The van der Waals surface area contributed by atoms with Gasteiger partial charge in [-0.05, 0) is 42.7 Å². The summed E-state index contributed by atoms with van der Waals surface area (Å²) < 4.78 is 0. The Hall–Kier alpha value is -2.86. The van der Waals surface area contributed by atoms with E-state index >= 15 is 0 Å². The topological polar surface area (TPSA) is 86.9 Å². The van der Waals surface area contributed by atoms with Crippen LogP contribution in [0.5, 0.6) is 0 Å². The van der Waals surface area contributed by atoms with Gasteiger partial charge in [0.2, 0.25) is 5.91 Å². The third-order valence-electron chi connectivity index (χ3n) is 6.91. The highest BCUT2D eigenvalue weighted by molar-refractivity contribution is 5.80. The smallest absolute Gasteiger partial charge is 0.314 e. The van der Waals surface area contributed by atoms with Crippen LogP contribution < -0.4 is 5.73 Å². The zero-order chi connectivity index (χ0) is 21.8. The lowest BCUT2D eigenvalue weighted by atomic mass is 9.72. The summed E-state index contributed by atoms with van der Waals surface area (Å²) in [6, 6.07) is 19.2. The Kier molecular flexibility index (Phi) is 6.28. The summed E-state index contributed by atoms with van der Waals surface area (Å²) in [6.45, 7) is 2.26. The Labute approximate surface area is 183 Å². The van der Waals surface area contributed by atoms with Crippen LogP contribution in [-0.2, 0) is 10.4 Å². The number of amides is 3. The van der Waals surface area contributed by atoms with E-state index in [9.17, 15) is 14.7 Å². The van der Waals surface area contributed by atoms with Gasteiger partial charge in [0.15, 0.2) is 0 Å². The fourth-order valence-electron chi connectivity index (χ4n) is 5.18. The van der Waals surface area contributed by atoms with Crippen molar-refractivity contribution in [2.75, 3.05) is 26.2 Å². The average Bonchev–Trinajstić information content (AvgIpc) is 2.84. The van der Waals surface area contributed by atoms with E-state index in [1.807, 2.05) is 65.6 Å². The van der Waals surface area contributed by atoms with Crippen LogP contribution in [0.4, 0.5) is 4.79 Å². The molecule has 1 unspecified atom stereocenters. The number of hydrogen-bond donors (Lipinski definition) is 2. The molecular weight excluding hydrogens is 390 g/mol. The van der Waals surface area contributed by atoms with Gasteiger partial charge in [-0.15, -0.1) is 0 Å². The molecule has 4 rings (SSSR count). The van der Waals surface area contributed by atoms with E-state index in [1.165, 1.54) is 0 Å². The number of hydrogen-bond acceptors (Lipinski definition) is 3. The largest absolute Gasteiger partial charge is 0.380 e. The van der Waals surface area contributed by atoms with Crippen LogP contribution >= 0.6 is 0 Å². The molecule has 3 N–H and O–H groups in total. The van der Waals surface area contributed by atoms with Gasteiger partial charge in [0.1, 0.15) is 5.60 Å². The molecule has 0 aromatic heterocycles. The number of nitrogens with zero attached hydrogens (tertiary/aromatic N) is 2. The molecule has 2 heterocycles. The maximum Gasteiger partial charge on any atom is 0.314 e. The number of piperidine rings is 2. The van der Waals surface area contributed by atoms with E-state index in [1.54, 1.807) is 4.90 Å². The van der Waals surface area contributed by atoms with Gasteiger partial charge in [-0.3, -0.25) is 4.79 Å². The van der Waals surface area contributed by atoms with Gasteiger partial charge in [-0.25, -0.2) is 4.79 Å². The Morgan fingerprint density at radius 3 is 1.90 bits per heavy atom. The van der Waals surface area contributed by atoms with E-state index in [-0.39, 0.29) is 17.7 Å². The van der Waals surface area contributed by atoms with Crippen molar-refractivity contribution in [3.05, 3.63) is 71.8 Å². The van der Waals surface area contributed by atoms with Gasteiger partial charge in [0, 0.05) is 26.2 Å². The first-order chi connectivity index (χ1) is 15.0. The molecule has 31 heavy (non-hydrogen) atoms. The molecule has 6 heteroatoms. The van der Waals surface area contributed by atoms with Crippen molar-refractivity contribution in [1.82, 2.24) is 9.80 Å². The monoisotopic (exact) mass is 421 g/mol. The van der Waals surface area contributed by atoms with Gasteiger partial charge in [0.05, 0.1) is 5.92 Å². The van der Waals surface area contributed by atoms with Crippen molar-refractivity contribution in [3.8, 4) is 0 Å². The first-order valence-electron chi connectivity index (χ1n) is 11.2. The van der Waals surface area contributed by atoms with Crippen molar-refractivity contribution in [1.29, 1.82) is 0 Å². The second-order valence-electron chi connectivity index (χ2n) is 8.72. The molecule has 164 valence electrons. The number of nitrogens with two attached hydrogens (primary N) is 1. The minimum absolute atomic E-state index is 0.00910. The first-order valence-corrected chi connectivity index (χ1v) is 11.2. The SMILES string of the molecule is NC(=O)N1CCCC(C(=O)N2CCC(C(O)(c3ccccc3)c3ccccc3)CC2)C1. The molecule has 2 aromatic carbocycles. The van der Waals surface area contributed by atoms with Crippen molar-refractivity contribution in [2.45, 2.75) is 31.3 Å². The highest BCUT2D eigenvalue weighted by Crippen LogP contribution is 2.42. The molecule has 6 nitrogen and oxygen atoms in total. The number of carbonyl (C=O) groups is 2. The summed E-state index contributed by atoms with van der Waals surface area (Å²) in [5, 5.41) is 12.0. The number of rotatable bonds is 4. The summed E-state index contributed by atoms with van der Waals surface area (Å²) in [4.78, 5) is 28.1. The van der Waals surface area contributed by atoms with Crippen LogP contribution in [0, 0.1) is 11.8 Å². The summed E-state index contributed by atoms with van der Waals surface area (Å²) in [5.41, 5.74) is 6.10. The molecule has 2 aliphatic heterocycles. The normalized spacial score (nSPS) is 20.5. The van der Waals surface area contributed by atoms with Gasteiger partial charge in [-0.2, -0.15) is 0 Å². The molecule has 0 aliphatic carbocycles. The van der Waals surface area contributed by atoms with Crippen molar-refractivity contribution in [2.24, 2.45) is 17.6 Å². The quantitative estimate of drug-likeness (QED) is 0.796. The highest BCUT2D eigenvalue weighted by Gasteiger charge is 2.42. The van der Waals surface area contributed by atoms with Gasteiger partial charge in [0.25, 0.3) is 0 Å². The Morgan fingerprint density at radius 1 is 0.839 bits per heavy atom. The van der Waals surface area contributed by atoms with Gasteiger partial charge in [-0.1, -0.05) is 60.7 Å². The van der Waals surface area contributed by atoms with E-state index in [2.05, 4.69) is 0 Å². The van der Waals surface area contributed by atoms with Crippen LogP contribution in [0.15, 0.2) is 60.7 Å². The van der Waals surface area contributed by atoms with Crippen molar-refractivity contribution in [3.63, 3.8) is 0 Å². The van der Waals surface area contributed by atoms with Crippen LogP contribution in [0.3, 0.4) is 0 Å². The summed E-state index contributed by atoms with van der Waals surface area (Å²) in [7, 11) is 0. The molecule has 0 spiro atoms. The molecule has 1 atom stereocenters. The second kappa shape index (κ2) is 9.10. The Bertz CT molecular complexity index is 855. The number of urea groups is 1. The summed E-state index contributed by atoms with van der Waals surface area (Å²) in [5.74, 6) is -0.0675. The number of primary amides is 1. The lowest BCUT2D eigenvalue weighted by molar-refractivity contribution is -0.139. The fraction of sp³-hybridized carbons (Fsp3) is 0.440. The van der Waals surface area contributed by atoms with E-state index in [4.69, 9.17) is 5.73 Å². The minimum Gasteiger partial charge on any atom is -0.380 e. The van der Waals surface area contributed by atoms with Gasteiger partial charge < -0.3 is 20.6 Å². The third-order valence-corrected chi connectivity index (χ3v) is 6.91. The van der Waals surface area contributed by atoms with Crippen LogP contribution in [0.2, 0.25) is 0 Å². The zero-order valence-electron chi connectivity index (χ0n) is 17.8. The predicted octanol–water partition coefficient (Wildman–Crippen LogP) is 2.95. The standard InChI is InChI=1S/C25H31N3O3/c26-24(30)28-15-7-8-19(18-28)23(29)27-16-13-22(14-17-27)25(31,20-9-3-1-4-10-20)21-11-5-2-6-12-21/h1-6,9-12,19,22,31H,7-8,13-18H2,(H2,26,30). The molecular formula is C25H31N3O3. The molecule has 0 saturated carbocycles. The van der Waals surface area contributed by atoms with Crippen molar-refractivity contribution >= 4 is 11.9 Å². The van der Waals surface area contributed by atoms with E-state index in [0.29, 0.717) is 26.2 Å². The maximum atomic E-state index is 13.1. The average molecular weight is 422 g/mol. The molecule has 2 aromatic rings.